The maximum Gasteiger partial charge on any atom is 0.221 e. The highest BCUT2D eigenvalue weighted by Gasteiger charge is 2.05. The first-order valence-corrected chi connectivity index (χ1v) is 9.11. The molecule has 0 aliphatic carbocycles. The van der Waals surface area contributed by atoms with Gasteiger partial charge in [0.1, 0.15) is 6.33 Å². The van der Waals surface area contributed by atoms with E-state index in [1.54, 1.807) is 11.8 Å². The van der Waals surface area contributed by atoms with E-state index in [2.05, 4.69) is 27.4 Å². The monoisotopic (exact) mass is 349 g/mol. The molecule has 126 valence electrons. The van der Waals surface area contributed by atoms with Gasteiger partial charge in [0, 0.05) is 22.6 Å². The molecule has 0 aliphatic heterocycles. The number of carbonyl (C=O) groups excluding carboxylic acids is 1. The zero-order chi connectivity index (χ0) is 17.3. The third-order valence-corrected chi connectivity index (χ3v) is 4.61. The number of hydrogen-bond donors (Lipinski definition) is 1. The molecule has 0 spiro atoms. The molecule has 0 unspecified atom stereocenters. The van der Waals surface area contributed by atoms with Crippen molar-refractivity contribution in [3.8, 4) is 11.3 Å². The van der Waals surface area contributed by atoms with Crippen LogP contribution in [-0.4, -0.2) is 21.6 Å². The molecule has 0 saturated heterocycles. The molecule has 1 N–H and O–H groups in total. The first-order chi connectivity index (χ1) is 12.3. The van der Waals surface area contributed by atoms with Crippen molar-refractivity contribution >= 4 is 17.7 Å². The lowest BCUT2D eigenvalue weighted by Gasteiger charge is -2.06. The van der Waals surface area contributed by atoms with Crippen molar-refractivity contribution < 1.29 is 4.79 Å². The Labute approximate surface area is 151 Å². The van der Waals surface area contributed by atoms with Crippen molar-refractivity contribution in [3.05, 3.63) is 78.8 Å². The molecule has 0 aliphatic rings. The van der Waals surface area contributed by atoms with E-state index in [9.17, 15) is 4.79 Å². The van der Waals surface area contributed by atoms with Gasteiger partial charge >= 0.3 is 0 Å². The lowest BCUT2D eigenvalue weighted by molar-refractivity contribution is -0.120. The van der Waals surface area contributed by atoms with Gasteiger partial charge in [0.25, 0.3) is 0 Å². The summed E-state index contributed by atoms with van der Waals surface area (Å²) >= 11 is 1.68. The molecule has 2 aromatic carbocycles. The Balaban J connectivity index is 1.47. The number of aromatic nitrogens is 2. The Morgan fingerprint density at radius 1 is 0.960 bits per heavy atom. The molecule has 1 aromatic heterocycles. The highest BCUT2D eigenvalue weighted by Crippen LogP contribution is 2.18. The van der Waals surface area contributed by atoms with Crippen LogP contribution in [0.25, 0.3) is 11.3 Å². The molecule has 0 saturated carbocycles. The zero-order valence-corrected chi connectivity index (χ0v) is 14.6. The number of amides is 1. The van der Waals surface area contributed by atoms with Gasteiger partial charge in [-0.1, -0.05) is 48.5 Å². The standard InChI is InChI=1S/C20H19N3OS/c24-20(11-12-25-18-9-5-2-6-10-18)21-14-17-13-19(23-15-22-17)16-7-3-1-4-8-16/h1-10,13,15H,11-12,14H2,(H,21,24). The van der Waals surface area contributed by atoms with Crippen molar-refractivity contribution in [1.82, 2.24) is 15.3 Å². The second-order valence-electron chi connectivity index (χ2n) is 5.45. The Bertz CT molecular complexity index is 809. The smallest absolute Gasteiger partial charge is 0.221 e. The minimum atomic E-state index is 0.0308. The van der Waals surface area contributed by atoms with Crippen LogP contribution in [0.2, 0.25) is 0 Å². The predicted octanol–water partition coefficient (Wildman–Crippen LogP) is 3.94. The van der Waals surface area contributed by atoms with Gasteiger partial charge in [0.2, 0.25) is 5.91 Å². The molecule has 0 radical (unpaired) electrons. The molecule has 3 rings (SSSR count). The summed E-state index contributed by atoms with van der Waals surface area (Å²) in [6, 6.07) is 21.9. The summed E-state index contributed by atoms with van der Waals surface area (Å²) in [6.07, 6.45) is 2.02. The van der Waals surface area contributed by atoms with Crippen molar-refractivity contribution in [2.45, 2.75) is 17.9 Å². The number of rotatable bonds is 7. The molecule has 0 atom stereocenters. The molecule has 3 aromatic rings. The first-order valence-electron chi connectivity index (χ1n) is 8.12. The van der Waals surface area contributed by atoms with Gasteiger partial charge in [-0.05, 0) is 18.2 Å². The molecule has 1 heterocycles. The van der Waals surface area contributed by atoms with Crippen molar-refractivity contribution in [1.29, 1.82) is 0 Å². The number of hydrogen-bond acceptors (Lipinski definition) is 4. The largest absolute Gasteiger partial charge is 0.350 e. The van der Waals surface area contributed by atoms with E-state index in [1.165, 1.54) is 11.2 Å². The summed E-state index contributed by atoms with van der Waals surface area (Å²) < 4.78 is 0. The summed E-state index contributed by atoms with van der Waals surface area (Å²) in [5.41, 5.74) is 2.70. The summed E-state index contributed by atoms with van der Waals surface area (Å²) in [4.78, 5) is 21.7. The van der Waals surface area contributed by atoms with E-state index in [1.807, 2.05) is 54.6 Å². The third-order valence-electron chi connectivity index (χ3n) is 3.60. The molecule has 4 nitrogen and oxygen atoms in total. The minimum absolute atomic E-state index is 0.0308. The quantitative estimate of drug-likeness (QED) is 0.657. The minimum Gasteiger partial charge on any atom is -0.350 e. The summed E-state index contributed by atoms with van der Waals surface area (Å²) in [5, 5.41) is 2.92. The predicted molar refractivity (Wildman–Crippen MR) is 101 cm³/mol. The average Bonchev–Trinajstić information content (AvgIpc) is 2.68. The van der Waals surface area contributed by atoms with E-state index in [0.29, 0.717) is 13.0 Å². The summed E-state index contributed by atoms with van der Waals surface area (Å²) in [5.74, 6) is 0.790. The first kappa shape index (κ1) is 17.2. The van der Waals surface area contributed by atoms with Gasteiger partial charge in [-0.3, -0.25) is 4.79 Å². The molecule has 0 bridgehead atoms. The fourth-order valence-corrected chi connectivity index (χ4v) is 3.19. The maximum absolute atomic E-state index is 12.0. The van der Waals surface area contributed by atoms with Gasteiger partial charge in [-0.15, -0.1) is 11.8 Å². The number of nitrogens with one attached hydrogen (secondary N) is 1. The van der Waals surface area contributed by atoms with Crippen LogP contribution >= 0.6 is 11.8 Å². The van der Waals surface area contributed by atoms with Crippen molar-refractivity contribution in [2.24, 2.45) is 0 Å². The van der Waals surface area contributed by atoms with E-state index in [-0.39, 0.29) is 5.91 Å². The lowest BCUT2D eigenvalue weighted by atomic mass is 10.1. The van der Waals surface area contributed by atoms with E-state index < -0.39 is 0 Å². The molecular formula is C20H19N3OS. The normalized spacial score (nSPS) is 10.4. The fraction of sp³-hybridized carbons (Fsp3) is 0.150. The van der Waals surface area contributed by atoms with Crippen molar-refractivity contribution in [2.75, 3.05) is 5.75 Å². The van der Waals surface area contributed by atoms with Crippen LogP contribution in [-0.2, 0) is 11.3 Å². The van der Waals surface area contributed by atoms with Crippen LogP contribution in [0.15, 0.2) is 78.0 Å². The second-order valence-corrected chi connectivity index (χ2v) is 6.62. The molecule has 5 heteroatoms. The SMILES string of the molecule is O=C(CCSc1ccccc1)NCc1cc(-c2ccccc2)ncn1. The van der Waals surface area contributed by atoms with Gasteiger partial charge in [0.05, 0.1) is 17.9 Å². The Morgan fingerprint density at radius 3 is 2.44 bits per heavy atom. The van der Waals surface area contributed by atoms with Gasteiger partial charge in [-0.2, -0.15) is 0 Å². The highest BCUT2D eigenvalue weighted by molar-refractivity contribution is 7.99. The van der Waals surface area contributed by atoms with Gasteiger partial charge in [0.15, 0.2) is 0 Å². The van der Waals surface area contributed by atoms with Crippen LogP contribution in [0, 0.1) is 0 Å². The van der Waals surface area contributed by atoms with E-state index in [4.69, 9.17) is 0 Å². The third kappa shape index (κ3) is 5.43. The molecule has 0 fully saturated rings. The van der Waals surface area contributed by atoms with Crippen LogP contribution in [0.3, 0.4) is 0 Å². The van der Waals surface area contributed by atoms with E-state index in [0.717, 1.165) is 22.7 Å². The van der Waals surface area contributed by atoms with Gasteiger partial charge < -0.3 is 5.32 Å². The number of benzene rings is 2. The van der Waals surface area contributed by atoms with Crippen LogP contribution in [0.1, 0.15) is 12.1 Å². The highest BCUT2D eigenvalue weighted by atomic mass is 32.2. The van der Waals surface area contributed by atoms with Crippen LogP contribution < -0.4 is 5.32 Å². The van der Waals surface area contributed by atoms with Crippen LogP contribution in [0.4, 0.5) is 0 Å². The lowest BCUT2D eigenvalue weighted by Crippen LogP contribution is -2.23. The second kappa shape index (κ2) is 8.99. The van der Waals surface area contributed by atoms with Crippen LogP contribution in [0.5, 0.6) is 0 Å². The Hall–Kier alpha value is -2.66. The molecular weight excluding hydrogens is 330 g/mol. The molecule has 25 heavy (non-hydrogen) atoms. The Kier molecular flexibility index (Phi) is 6.17. The summed E-state index contributed by atoms with van der Waals surface area (Å²) in [6.45, 7) is 0.414. The maximum atomic E-state index is 12.0. The number of nitrogens with zero attached hydrogens (tertiary/aromatic N) is 2. The number of carbonyl (C=O) groups is 1. The molecule has 1 amide bonds. The van der Waals surface area contributed by atoms with E-state index >= 15 is 0 Å². The topological polar surface area (TPSA) is 54.9 Å². The number of thioether (sulfide) groups is 1. The fourth-order valence-electron chi connectivity index (χ4n) is 2.32. The van der Waals surface area contributed by atoms with Crippen molar-refractivity contribution in [3.63, 3.8) is 0 Å². The van der Waals surface area contributed by atoms with Gasteiger partial charge in [-0.25, -0.2) is 9.97 Å². The zero-order valence-electron chi connectivity index (χ0n) is 13.8. The average molecular weight is 349 g/mol. The summed E-state index contributed by atoms with van der Waals surface area (Å²) in [7, 11) is 0. The Morgan fingerprint density at radius 2 is 1.68 bits per heavy atom.